The molecule has 0 radical (unpaired) electrons. The van der Waals surface area contributed by atoms with Crippen molar-refractivity contribution in [3.63, 3.8) is 0 Å². The topological polar surface area (TPSA) is 44.8 Å². The fourth-order valence-corrected chi connectivity index (χ4v) is 1.62. The molecule has 0 aliphatic heterocycles. The van der Waals surface area contributed by atoms with E-state index in [1.807, 2.05) is 25.1 Å². The van der Waals surface area contributed by atoms with Gasteiger partial charge in [-0.3, -0.25) is 0 Å². The first-order valence-electron chi connectivity index (χ1n) is 3.44. The molecule has 2 aromatic rings. The molecule has 0 fully saturated rings. The van der Waals surface area contributed by atoms with Gasteiger partial charge in [0.25, 0.3) is 0 Å². The van der Waals surface area contributed by atoms with Gasteiger partial charge in [-0.2, -0.15) is 0 Å². The van der Waals surface area contributed by atoms with E-state index < -0.39 is 0 Å². The second-order valence-corrected chi connectivity index (χ2v) is 3.24. The zero-order valence-corrected chi connectivity index (χ0v) is 7.95. The number of halogens is 1. The molecule has 1 aromatic carbocycles. The summed E-state index contributed by atoms with van der Waals surface area (Å²) in [4.78, 5) is 0.611. The van der Waals surface area contributed by atoms with Gasteiger partial charge in [0.1, 0.15) is 5.21 Å². The van der Waals surface area contributed by atoms with Gasteiger partial charge in [-0.1, -0.05) is 15.8 Å². The SMILES string of the molecule is Cc1cccc2c1[n+]([O-])nn2Br. The van der Waals surface area contributed by atoms with Crippen LogP contribution in [0, 0.1) is 12.1 Å². The third-order valence-corrected chi connectivity index (χ3v) is 2.29. The van der Waals surface area contributed by atoms with Gasteiger partial charge >= 0.3 is 0 Å². The number of nitrogens with zero attached hydrogens (tertiary/aromatic N) is 3. The molecule has 1 aromatic heterocycles. The van der Waals surface area contributed by atoms with Crippen LogP contribution in [-0.2, 0) is 0 Å². The summed E-state index contributed by atoms with van der Waals surface area (Å²) in [5.41, 5.74) is 2.31. The van der Waals surface area contributed by atoms with Crippen LogP contribution in [0.2, 0.25) is 0 Å². The second-order valence-electron chi connectivity index (χ2n) is 2.57. The number of hydrogen-bond donors (Lipinski definition) is 0. The lowest BCUT2D eigenvalue weighted by molar-refractivity contribution is -0.644. The van der Waals surface area contributed by atoms with Crippen molar-refractivity contribution in [2.45, 2.75) is 6.92 Å². The Bertz CT molecular complexity index is 437. The zero-order valence-electron chi connectivity index (χ0n) is 6.36. The smallest absolute Gasteiger partial charge is 0.220 e. The number of hydrogen-bond acceptors (Lipinski definition) is 2. The van der Waals surface area contributed by atoms with Crippen molar-refractivity contribution >= 4 is 27.2 Å². The van der Waals surface area contributed by atoms with Gasteiger partial charge in [-0.05, 0) is 13.0 Å². The maximum Gasteiger partial charge on any atom is 0.220 e. The van der Waals surface area contributed by atoms with Gasteiger partial charge < -0.3 is 5.21 Å². The lowest BCUT2D eigenvalue weighted by atomic mass is 10.2. The van der Waals surface area contributed by atoms with E-state index in [4.69, 9.17) is 0 Å². The highest BCUT2D eigenvalue weighted by molar-refractivity contribution is 9.08. The normalized spacial score (nSPS) is 10.8. The highest BCUT2D eigenvalue weighted by Crippen LogP contribution is 2.14. The van der Waals surface area contributed by atoms with Crippen molar-refractivity contribution in [1.29, 1.82) is 0 Å². The molecule has 62 valence electrons. The number of benzene rings is 1. The average Bonchev–Trinajstić information content (AvgIpc) is 2.29. The largest absolute Gasteiger partial charge is 0.691 e. The first kappa shape index (κ1) is 7.54. The Morgan fingerprint density at radius 3 is 3.00 bits per heavy atom. The van der Waals surface area contributed by atoms with Crippen LogP contribution < -0.4 is 4.85 Å². The predicted octanol–water partition coefficient (Wildman–Crippen LogP) is 1.14. The number of aromatic nitrogens is 3. The molecule has 1 heterocycles. The first-order chi connectivity index (χ1) is 5.70. The van der Waals surface area contributed by atoms with Crippen molar-refractivity contribution in [2.24, 2.45) is 0 Å². The number of aryl methyl sites for hydroxylation is 1. The summed E-state index contributed by atoms with van der Waals surface area (Å²) >= 11 is 3.14. The van der Waals surface area contributed by atoms with Gasteiger partial charge in [0.05, 0.1) is 0 Å². The van der Waals surface area contributed by atoms with Crippen LogP contribution in [-0.4, -0.2) is 8.92 Å². The molecular formula is C7H6BrN3O. The van der Waals surface area contributed by atoms with Crippen molar-refractivity contribution in [2.75, 3.05) is 0 Å². The minimum absolute atomic E-state index is 0.606. The molecule has 0 saturated heterocycles. The molecule has 2 rings (SSSR count). The lowest BCUT2D eigenvalue weighted by Gasteiger charge is -1.94. The van der Waals surface area contributed by atoms with Gasteiger partial charge in [-0.25, -0.2) is 0 Å². The molecule has 0 spiro atoms. The molecule has 5 heteroatoms. The predicted molar refractivity (Wildman–Crippen MR) is 47.8 cm³/mol. The maximum absolute atomic E-state index is 11.2. The van der Waals surface area contributed by atoms with Crippen LogP contribution in [0.4, 0.5) is 0 Å². The van der Waals surface area contributed by atoms with Crippen LogP contribution in [0.1, 0.15) is 5.56 Å². The van der Waals surface area contributed by atoms with Gasteiger partial charge in [0, 0.05) is 5.56 Å². The van der Waals surface area contributed by atoms with E-state index in [-0.39, 0.29) is 0 Å². The van der Waals surface area contributed by atoms with E-state index >= 15 is 0 Å². The quantitative estimate of drug-likeness (QED) is 0.501. The van der Waals surface area contributed by atoms with Crippen molar-refractivity contribution in [3.05, 3.63) is 29.0 Å². The number of para-hydroxylation sites is 1. The number of fused-ring (bicyclic) bond motifs is 1. The molecule has 0 atom stereocenters. The molecule has 0 N–H and O–H groups in total. The molecule has 0 amide bonds. The zero-order chi connectivity index (χ0) is 8.72. The highest BCUT2D eigenvalue weighted by Gasteiger charge is 2.13. The summed E-state index contributed by atoms with van der Waals surface area (Å²) in [5.74, 6) is 0. The fraction of sp³-hybridized carbons (Fsp3) is 0.143. The Morgan fingerprint density at radius 2 is 2.33 bits per heavy atom. The number of rotatable bonds is 0. The standard InChI is InChI=1S/C7H6BrN3O/c1-5-3-2-4-6-7(5)11(12)9-10(6)8/h2-4H,1H3. The van der Waals surface area contributed by atoms with E-state index in [2.05, 4.69) is 21.4 Å². The summed E-state index contributed by atoms with van der Waals surface area (Å²) in [5, 5.41) is 14.8. The van der Waals surface area contributed by atoms with Crippen LogP contribution in [0.15, 0.2) is 18.2 Å². The summed E-state index contributed by atoms with van der Waals surface area (Å²) in [6, 6.07) is 5.60. The minimum Gasteiger partial charge on any atom is -0.691 e. The van der Waals surface area contributed by atoms with Crippen LogP contribution in [0.3, 0.4) is 0 Å². The third-order valence-electron chi connectivity index (χ3n) is 1.77. The fourth-order valence-electron chi connectivity index (χ4n) is 1.21. The Balaban J connectivity index is 2.99. The van der Waals surface area contributed by atoms with Crippen molar-refractivity contribution < 1.29 is 4.85 Å². The third kappa shape index (κ3) is 0.896. The molecular weight excluding hydrogens is 222 g/mol. The molecule has 0 bridgehead atoms. The van der Waals surface area contributed by atoms with Crippen molar-refractivity contribution in [1.82, 2.24) is 8.92 Å². The molecule has 0 unspecified atom stereocenters. The Kier molecular flexibility index (Phi) is 1.54. The van der Waals surface area contributed by atoms with E-state index in [9.17, 15) is 5.21 Å². The maximum atomic E-state index is 11.2. The van der Waals surface area contributed by atoms with Crippen LogP contribution >= 0.6 is 16.1 Å². The summed E-state index contributed by atoms with van der Waals surface area (Å²) in [7, 11) is 0. The van der Waals surface area contributed by atoms with E-state index in [0.29, 0.717) is 10.4 Å². The monoisotopic (exact) mass is 227 g/mol. The highest BCUT2D eigenvalue weighted by atomic mass is 79.9. The molecule has 12 heavy (non-hydrogen) atoms. The lowest BCUT2D eigenvalue weighted by Crippen LogP contribution is -2.29. The summed E-state index contributed by atoms with van der Waals surface area (Å²) in [6.07, 6.45) is 0. The van der Waals surface area contributed by atoms with E-state index in [1.54, 1.807) is 0 Å². The molecule has 0 saturated carbocycles. The Hall–Kier alpha value is -1.10. The van der Waals surface area contributed by atoms with E-state index in [0.717, 1.165) is 11.1 Å². The summed E-state index contributed by atoms with van der Waals surface area (Å²) in [6.45, 7) is 1.88. The summed E-state index contributed by atoms with van der Waals surface area (Å²) < 4.78 is 1.39. The van der Waals surface area contributed by atoms with Gasteiger partial charge in [0.15, 0.2) is 0 Å². The van der Waals surface area contributed by atoms with Crippen LogP contribution in [0.5, 0.6) is 0 Å². The van der Waals surface area contributed by atoms with Crippen LogP contribution in [0.25, 0.3) is 11.0 Å². The van der Waals surface area contributed by atoms with E-state index in [1.165, 1.54) is 3.71 Å². The van der Waals surface area contributed by atoms with Gasteiger partial charge in [0.2, 0.25) is 27.2 Å². The van der Waals surface area contributed by atoms with Gasteiger partial charge in [-0.15, -0.1) is 4.85 Å². The molecule has 0 aliphatic rings. The second kappa shape index (κ2) is 2.45. The Morgan fingerprint density at radius 1 is 1.58 bits per heavy atom. The first-order valence-corrected chi connectivity index (χ1v) is 4.15. The van der Waals surface area contributed by atoms with Crippen molar-refractivity contribution in [3.8, 4) is 0 Å². The molecule has 4 nitrogen and oxygen atoms in total. The molecule has 0 aliphatic carbocycles. The Labute approximate surface area is 77.3 Å². The average molecular weight is 228 g/mol. The minimum atomic E-state index is 0.606.